The molecule has 38 heavy (non-hydrogen) atoms. The summed E-state index contributed by atoms with van der Waals surface area (Å²) in [6, 6.07) is 8.92. The Morgan fingerprint density at radius 1 is 1.08 bits per heavy atom. The van der Waals surface area contributed by atoms with Gasteiger partial charge in [-0.1, -0.05) is 19.1 Å². The van der Waals surface area contributed by atoms with E-state index in [4.69, 9.17) is 14.2 Å². The largest absolute Gasteiger partial charge is 0.497 e. The predicted octanol–water partition coefficient (Wildman–Crippen LogP) is 5.23. The Bertz CT molecular complexity index is 1410. The highest BCUT2D eigenvalue weighted by atomic mass is 19.1. The van der Waals surface area contributed by atoms with Crippen LogP contribution in [0.2, 0.25) is 0 Å². The van der Waals surface area contributed by atoms with Crippen LogP contribution in [0, 0.1) is 5.82 Å². The quantitative estimate of drug-likeness (QED) is 0.427. The molecule has 0 radical (unpaired) electrons. The summed E-state index contributed by atoms with van der Waals surface area (Å²) in [6.07, 6.45) is 0.994. The Kier molecular flexibility index (Phi) is 8.04. The standard InChI is InChI=1S/C28H33FN2O7/c1-8-15-37-21-14-13-20(29)22-23(21)31(16-19(24(22)32)17-9-11-18(36-7)12-10-17)28(5,25(33)34)30(6)26(35)38-27(2,3)4/h9-14,16H,8,15H2,1-7H3,(H,33,34). The third kappa shape index (κ3) is 5.29. The molecule has 1 atom stereocenters. The van der Waals surface area contributed by atoms with Crippen molar-refractivity contribution in [2.45, 2.75) is 52.3 Å². The number of carbonyl (C=O) groups excluding carboxylic acids is 1. The van der Waals surface area contributed by atoms with E-state index in [9.17, 15) is 19.5 Å². The van der Waals surface area contributed by atoms with Crippen molar-refractivity contribution in [2.75, 3.05) is 20.8 Å². The molecule has 0 aliphatic heterocycles. The summed E-state index contributed by atoms with van der Waals surface area (Å²) in [5.74, 6) is -1.66. The Hall–Kier alpha value is -4.08. The number of amides is 1. The van der Waals surface area contributed by atoms with E-state index in [1.54, 1.807) is 45.0 Å². The lowest BCUT2D eigenvalue weighted by atomic mass is 10.0. The summed E-state index contributed by atoms with van der Waals surface area (Å²) >= 11 is 0. The van der Waals surface area contributed by atoms with E-state index in [2.05, 4.69) is 0 Å². The fourth-order valence-corrected chi connectivity index (χ4v) is 3.95. The number of likely N-dealkylation sites (N-methyl/N-ethyl adjacent to an activating group) is 1. The summed E-state index contributed by atoms with van der Waals surface area (Å²) in [7, 11) is 2.76. The van der Waals surface area contributed by atoms with Crippen LogP contribution >= 0.6 is 0 Å². The van der Waals surface area contributed by atoms with Crippen LogP contribution in [0.4, 0.5) is 9.18 Å². The average molecular weight is 529 g/mol. The molecule has 2 aromatic carbocycles. The normalized spacial score (nSPS) is 13.1. The number of halogens is 1. The number of benzene rings is 2. The lowest BCUT2D eigenvalue weighted by molar-refractivity contribution is -0.155. The van der Waals surface area contributed by atoms with Gasteiger partial charge in [-0.3, -0.25) is 9.69 Å². The Balaban J connectivity index is 2.46. The molecule has 0 fully saturated rings. The van der Waals surface area contributed by atoms with Gasteiger partial charge >= 0.3 is 12.1 Å². The number of aromatic nitrogens is 1. The maximum absolute atomic E-state index is 15.4. The highest BCUT2D eigenvalue weighted by Gasteiger charge is 2.45. The van der Waals surface area contributed by atoms with Crippen LogP contribution in [0.15, 0.2) is 47.4 Å². The van der Waals surface area contributed by atoms with Gasteiger partial charge in [0.15, 0.2) is 5.43 Å². The van der Waals surface area contributed by atoms with Gasteiger partial charge in [-0.25, -0.2) is 14.0 Å². The van der Waals surface area contributed by atoms with E-state index in [0.29, 0.717) is 17.7 Å². The van der Waals surface area contributed by atoms with Gasteiger partial charge in [0.1, 0.15) is 28.4 Å². The number of ether oxygens (including phenoxy) is 3. The van der Waals surface area contributed by atoms with Gasteiger partial charge in [0.05, 0.1) is 19.1 Å². The van der Waals surface area contributed by atoms with Crippen molar-refractivity contribution in [3.63, 3.8) is 0 Å². The van der Waals surface area contributed by atoms with E-state index in [1.165, 1.54) is 37.9 Å². The van der Waals surface area contributed by atoms with E-state index in [-0.39, 0.29) is 28.8 Å². The van der Waals surface area contributed by atoms with Crippen molar-refractivity contribution in [1.82, 2.24) is 9.47 Å². The molecule has 3 aromatic rings. The molecule has 0 aliphatic rings. The molecule has 9 nitrogen and oxygen atoms in total. The molecule has 1 N–H and O–H groups in total. The van der Waals surface area contributed by atoms with Crippen LogP contribution in [0.1, 0.15) is 41.0 Å². The Morgan fingerprint density at radius 3 is 2.24 bits per heavy atom. The van der Waals surface area contributed by atoms with E-state index < -0.39 is 34.6 Å². The molecule has 1 unspecified atom stereocenters. The lowest BCUT2D eigenvalue weighted by Crippen LogP contribution is -2.56. The topological polar surface area (TPSA) is 107 Å². The summed E-state index contributed by atoms with van der Waals surface area (Å²) < 4.78 is 33.0. The van der Waals surface area contributed by atoms with E-state index in [1.807, 2.05) is 6.92 Å². The van der Waals surface area contributed by atoms with Crippen LogP contribution < -0.4 is 14.9 Å². The van der Waals surface area contributed by atoms with Crippen LogP contribution in [0.25, 0.3) is 22.0 Å². The van der Waals surface area contributed by atoms with Crippen molar-refractivity contribution < 1.29 is 33.3 Å². The van der Waals surface area contributed by atoms with Gasteiger partial charge in [0.25, 0.3) is 0 Å². The third-order valence-corrected chi connectivity index (χ3v) is 6.12. The Labute approximate surface area is 220 Å². The number of fused-ring (bicyclic) bond motifs is 1. The number of hydrogen-bond donors (Lipinski definition) is 1. The first-order valence-corrected chi connectivity index (χ1v) is 12.1. The summed E-state index contributed by atoms with van der Waals surface area (Å²) in [6.45, 7) is 8.34. The van der Waals surface area contributed by atoms with Crippen molar-refractivity contribution in [3.8, 4) is 22.6 Å². The first-order valence-electron chi connectivity index (χ1n) is 12.1. The molecule has 204 valence electrons. The first kappa shape index (κ1) is 28.5. The number of nitrogens with zero attached hydrogens (tertiary/aromatic N) is 2. The van der Waals surface area contributed by atoms with Crippen LogP contribution in [-0.2, 0) is 15.2 Å². The van der Waals surface area contributed by atoms with Gasteiger partial charge < -0.3 is 23.9 Å². The minimum Gasteiger partial charge on any atom is -0.497 e. The third-order valence-electron chi connectivity index (χ3n) is 6.12. The zero-order valence-electron chi connectivity index (χ0n) is 22.6. The summed E-state index contributed by atoms with van der Waals surface area (Å²) in [5.41, 5.74) is -3.40. The Morgan fingerprint density at radius 2 is 1.71 bits per heavy atom. The molecule has 0 aliphatic carbocycles. The molecule has 1 heterocycles. The lowest BCUT2D eigenvalue weighted by Gasteiger charge is -2.39. The monoisotopic (exact) mass is 528 g/mol. The van der Waals surface area contributed by atoms with Gasteiger partial charge in [0.2, 0.25) is 5.66 Å². The highest BCUT2D eigenvalue weighted by Crippen LogP contribution is 2.35. The zero-order valence-corrected chi connectivity index (χ0v) is 22.6. The van der Waals surface area contributed by atoms with Crippen molar-refractivity contribution in [3.05, 3.63) is 58.6 Å². The molecule has 0 saturated carbocycles. The minimum absolute atomic E-state index is 0.0248. The molecular weight excluding hydrogens is 495 g/mol. The number of methoxy groups -OCH3 is 1. The van der Waals surface area contributed by atoms with Gasteiger partial charge in [-0.15, -0.1) is 0 Å². The van der Waals surface area contributed by atoms with Crippen molar-refractivity contribution in [2.24, 2.45) is 0 Å². The molecule has 3 rings (SSSR count). The maximum atomic E-state index is 15.4. The second-order valence-corrected chi connectivity index (χ2v) is 9.95. The average Bonchev–Trinajstić information content (AvgIpc) is 2.86. The van der Waals surface area contributed by atoms with Crippen molar-refractivity contribution in [1.29, 1.82) is 0 Å². The smallest absolute Gasteiger partial charge is 0.412 e. The van der Waals surface area contributed by atoms with Crippen molar-refractivity contribution >= 4 is 23.0 Å². The second-order valence-electron chi connectivity index (χ2n) is 9.95. The number of rotatable bonds is 8. The van der Waals surface area contributed by atoms with Crippen LogP contribution in [-0.4, -0.2) is 53.0 Å². The first-order chi connectivity index (χ1) is 17.8. The fraction of sp³-hybridized carbons (Fsp3) is 0.393. The predicted molar refractivity (Wildman–Crippen MR) is 141 cm³/mol. The molecule has 0 saturated heterocycles. The molecular formula is C28H33FN2O7. The van der Waals surface area contributed by atoms with E-state index in [0.717, 1.165) is 11.0 Å². The molecule has 0 bridgehead atoms. The number of pyridine rings is 1. The minimum atomic E-state index is -2.16. The van der Waals surface area contributed by atoms with Gasteiger partial charge in [0, 0.05) is 18.8 Å². The SMILES string of the molecule is CCCOc1ccc(F)c2c(=O)c(-c3ccc(OC)cc3)cn(C(C)(C(=O)O)N(C)C(=O)OC(C)(C)C)c12. The molecule has 10 heteroatoms. The van der Waals surface area contributed by atoms with Gasteiger partial charge in [-0.05, 0) is 63.9 Å². The van der Waals surface area contributed by atoms with E-state index >= 15 is 4.39 Å². The summed E-state index contributed by atoms with van der Waals surface area (Å²) in [5, 5.41) is 10.1. The van der Waals surface area contributed by atoms with Crippen LogP contribution in [0.3, 0.4) is 0 Å². The number of hydrogen-bond acceptors (Lipinski definition) is 6. The highest BCUT2D eigenvalue weighted by molar-refractivity contribution is 5.92. The number of carboxylic acid groups (broad SMARTS) is 1. The number of carbonyl (C=O) groups is 2. The molecule has 1 aromatic heterocycles. The summed E-state index contributed by atoms with van der Waals surface area (Å²) in [4.78, 5) is 40.6. The fourth-order valence-electron chi connectivity index (χ4n) is 3.95. The maximum Gasteiger partial charge on any atom is 0.412 e. The molecule has 0 spiro atoms. The molecule has 1 amide bonds. The number of aliphatic carboxylic acids is 1. The van der Waals surface area contributed by atoms with Crippen LogP contribution in [0.5, 0.6) is 11.5 Å². The second kappa shape index (κ2) is 10.7. The number of carboxylic acids is 1. The van der Waals surface area contributed by atoms with Gasteiger partial charge in [-0.2, -0.15) is 0 Å². The zero-order chi connectivity index (χ0) is 28.4.